The molecule has 1 atom stereocenters. The molecule has 3 heterocycles. The molecule has 6 nitrogen and oxygen atoms in total. The summed E-state index contributed by atoms with van der Waals surface area (Å²) in [5, 5.41) is 9.54. The van der Waals surface area contributed by atoms with E-state index in [2.05, 4.69) is 15.0 Å². The Bertz CT molecular complexity index is 1090. The molecule has 29 heavy (non-hydrogen) atoms. The van der Waals surface area contributed by atoms with Crippen molar-refractivity contribution in [2.45, 2.75) is 19.3 Å². The minimum Gasteiger partial charge on any atom is -0.481 e. The monoisotopic (exact) mass is 402 g/mol. The fraction of sp³-hybridized carbons (Fsp3) is 0.300. The van der Waals surface area contributed by atoms with Gasteiger partial charge in [-0.1, -0.05) is 0 Å². The standard InChI is InChI=1S/C20H17F3N4O2/c21-14-8-16(23)15(22)7-12(14)19-25-17-3-5-24-9-13(17)20(26-19)27-6-4-11(10-27)1-2-18(28)29/h3,5,7-9,11H,1-2,4,6,10H2,(H,28,29). The Hall–Kier alpha value is -3.23. The second-order valence-corrected chi connectivity index (χ2v) is 7.04. The number of aromatic nitrogens is 3. The number of nitrogens with zero attached hydrogens (tertiary/aromatic N) is 4. The molecule has 1 fully saturated rings. The molecule has 0 amide bonds. The fourth-order valence-electron chi connectivity index (χ4n) is 3.60. The van der Waals surface area contributed by atoms with Gasteiger partial charge in [-0.05, 0) is 30.9 Å². The summed E-state index contributed by atoms with van der Waals surface area (Å²) in [5.74, 6) is -3.60. The SMILES string of the molecule is O=C(O)CCC1CCN(c2nc(-c3cc(F)c(F)cc3F)nc3ccncc23)C1. The van der Waals surface area contributed by atoms with Crippen molar-refractivity contribution in [1.82, 2.24) is 15.0 Å². The van der Waals surface area contributed by atoms with Crippen molar-refractivity contribution in [2.24, 2.45) is 5.92 Å². The highest BCUT2D eigenvalue weighted by Crippen LogP contribution is 2.32. The van der Waals surface area contributed by atoms with Gasteiger partial charge in [-0.3, -0.25) is 9.78 Å². The van der Waals surface area contributed by atoms with Crippen LogP contribution < -0.4 is 4.90 Å². The lowest BCUT2D eigenvalue weighted by Gasteiger charge is -2.20. The number of hydrogen-bond acceptors (Lipinski definition) is 5. The Labute approximate surface area is 164 Å². The minimum absolute atomic E-state index is 0.0518. The number of anilines is 1. The molecule has 1 aliphatic heterocycles. The topological polar surface area (TPSA) is 79.2 Å². The highest BCUT2D eigenvalue weighted by atomic mass is 19.2. The largest absolute Gasteiger partial charge is 0.481 e. The first kappa shape index (κ1) is 19.1. The third kappa shape index (κ3) is 3.85. The van der Waals surface area contributed by atoms with E-state index in [9.17, 15) is 18.0 Å². The normalized spacial score (nSPS) is 16.5. The highest BCUT2D eigenvalue weighted by Gasteiger charge is 2.26. The first-order valence-electron chi connectivity index (χ1n) is 9.16. The Kier molecular flexibility index (Phi) is 5.04. The number of aliphatic carboxylic acids is 1. The lowest BCUT2D eigenvalue weighted by Crippen LogP contribution is -2.22. The molecular weight excluding hydrogens is 385 g/mol. The average Bonchev–Trinajstić information content (AvgIpc) is 3.17. The third-order valence-corrected chi connectivity index (χ3v) is 5.08. The molecule has 9 heteroatoms. The van der Waals surface area contributed by atoms with Crippen molar-refractivity contribution in [3.8, 4) is 11.4 Å². The van der Waals surface area contributed by atoms with E-state index < -0.39 is 23.4 Å². The van der Waals surface area contributed by atoms with Gasteiger partial charge in [0.2, 0.25) is 0 Å². The maximum atomic E-state index is 14.3. The van der Waals surface area contributed by atoms with Crippen LogP contribution in [0.25, 0.3) is 22.3 Å². The van der Waals surface area contributed by atoms with E-state index in [4.69, 9.17) is 5.11 Å². The van der Waals surface area contributed by atoms with E-state index in [1.54, 1.807) is 12.3 Å². The maximum Gasteiger partial charge on any atom is 0.303 e. The summed E-state index contributed by atoms with van der Waals surface area (Å²) in [6.45, 7) is 1.24. The molecule has 2 aromatic heterocycles. The second kappa shape index (κ2) is 7.65. The number of rotatable bonds is 5. The summed E-state index contributed by atoms with van der Waals surface area (Å²) >= 11 is 0. The van der Waals surface area contributed by atoms with Crippen molar-refractivity contribution in [3.05, 3.63) is 48.0 Å². The minimum atomic E-state index is -1.28. The summed E-state index contributed by atoms with van der Waals surface area (Å²) in [5.41, 5.74) is 0.267. The quantitative estimate of drug-likeness (QED) is 0.654. The van der Waals surface area contributed by atoms with Crippen LogP contribution in [0.1, 0.15) is 19.3 Å². The smallest absolute Gasteiger partial charge is 0.303 e. The van der Waals surface area contributed by atoms with Gasteiger partial charge < -0.3 is 10.0 Å². The van der Waals surface area contributed by atoms with Gasteiger partial charge in [-0.25, -0.2) is 23.1 Å². The molecule has 0 radical (unpaired) electrons. The van der Waals surface area contributed by atoms with Gasteiger partial charge in [0.15, 0.2) is 17.5 Å². The zero-order valence-corrected chi connectivity index (χ0v) is 15.3. The van der Waals surface area contributed by atoms with Crippen LogP contribution in [-0.2, 0) is 4.79 Å². The predicted molar refractivity (Wildman–Crippen MR) is 99.8 cm³/mol. The van der Waals surface area contributed by atoms with Crippen LogP contribution >= 0.6 is 0 Å². The predicted octanol–water partition coefficient (Wildman–Crippen LogP) is 3.80. The number of pyridine rings is 1. The van der Waals surface area contributed by atoms with Gasteiger partial charge >= 0.3 is 5.97 Å². The van der Waals surface area contributed by atoms with E-state index >= 15 is 0 Å². The highest BCUT2D eigenvalue weighted by molar-refractivity contribution is 5.90. The van der Waals surface area contributed by atoms with Gasteiger partial charge in [-0.2, -0.15) is 0 Å². The van der Waals surface area contributed by atoms with Crippen LogP contribution in [0.3, 0.4) is 0 Å². The molecule has 1 aromatic carbocycles. The van der Waals surface area contributed by atoms with Crippen LogP contribution in [0.5, 0.6) is 0 Å². The summed E-state index contributed by atoms with van der Waals surface area (Å²) in [6.07, 6.45) is 4.58. The number of carboxylic acid groups (broad SMARTS) is 1. The van der Waals surface area contributed by atoms with E-state index in [0.29, 0.717) is 42.3 Å². The zero-order chi connectivity index (χ0) is 20.5. The molecule has 0 spiro atoms. The van der Waals surface area contributed by atoms with Crippen molar-refractivity contribution in [3.63, 3.8) is 0 Å². The molecule has 1 unspecified atom stereocenters. The summed E-state index contributed by atoms with van der Waals surface area (Å²) in [4.78, 5) is 25.7. The van der Waals surface area contributed by atoms with Gasteiger partial charge in [0, 0.05) is 38.0 Å². The number of carbonyl (C=O) groups is 1. The molecule has 0 saturated carbocycles. The summed E-state index contributed by atoms with van der Waals surface area (Å²) in [7, 11) is 0. The first-order valence-corrected chi connectivity index (χ1v) is 9.16. The van der Waals surface area contributed by atoms with Crippen LogP contribution in [0, 0.1) is 23.4 Å². The number of benzene rings is 1. The van der Waals surface area contributed by atoms with Crippen LogP contribution in [0.15, 0.2) is 30.6 Å². The Balaban J connectivity index is 1.75. The lowest BCUT2D eigenvalue weighted by atomic mass is 10.0. The summed E-state index contributed by atoms with van der Waals surface area (Å²) in [6, 6.07) is 2.86. The van der Waals surface area contributed by atoms with E-state index in [-0.39, 0.29) is 23.7 Å². The maximum absolute atomic E-state index is 14.3. The van der Waals surface area contributed by atoms with Crippen molar-refractivity contribution in [2.75, 3.05) is 18.0 Å². The van der Waals surface area contributed by atoms with E-state index in [1.807, 2.05) is 4.90 Å². The third-order valence-electron chi connectivity index (χ3n) is 5.08. The lowest BCUT2D eigenvalue weighted by molar-refractivity contribution is -0.137. The molecule has 4 rings (SSSR count). The van der Waals surface area contributed by atoms with Crippen molar-refractivity contribution >= 4 is 22.7 Å². The molecule has 1 N–H and O–H groups in total. The van der Waals surface area contributed by atoms with Crippen molar-refractivity contribution < 1.29 is 23.1 Å². The molecule has 0 bridgehead atoms. The fourth-order valence-corrected chi connectivity index (χ4v) is 3.60. The molecule has 0 aliphatic carbocycles. The van der Waals surface area contributed by atoms with Crippen LogP contribution in [0.4, 0.5) is 19.0 Å². The van der Waals surface area contributed by atoms with Gasteiger partial charge in [0.1, 0.15) is 11.6 Å². The van der Waals surface area contributed by atoms with Crippen molar-refractivity contribution in [1.29, 1.82) is 0 Å². The number of halogens is 3. The summed E-state index contributed by atoms with van der Waals surface area (Å²) < 4.78 is 41.3. The van der Waals surface area contributed by atoms with Crippen LogP contribution in [0.2, 0.25) is 0 Å². The molecular formula is C20H17F3N4O2. The Morgan fingerprint density at radius 1 is 1.17 bits per heavy atom. The Morgan fingerprint density at radius 3 is 2.76 bits per heavy atom. The number of carboxylic acids is 1. The number of hydrogen-bond donors (Lipinski definition) is 1. The Morgan fingerprint density at radius 2 is 1.97 bits per heavy atom. The zero-order valence-electron chi connectivity index (χ0n) is 15.3. The molecule has 150 valence electrons. The van der Waals surface area contributed by atoms with Gasteiger partial charge in [0.25, 0.3) is 0 Å². The average molecular weight is 402 g/mol. The number of fused-ring (bicyclic) bond motifs is 1. The molecule has 3 aromatic rings. The van der Waals surface area contributed by atoms with E-state index in [1.165, 1.54) is 6.20 Å². The van der Waals surface area contributed by atoms with Gasteiger partial charge in [-0.15, -0.1) is 0 Å². The van der Waals surface area contributed by atoms with Crippen LogP contribution in [-0.4, -0.2) is 39.1 Å². The van der Waals surface area contributed by atoms with Gasteiger partial charge in [0.05, 0.1) is 16.5 Å². The second-order valence-electron chi connectivity index (χ2n) is 7.04. The molecule has 1 saturated heterocycles. The molecule has 1 aliphatic rings. The first-order chi connectivity index (χ1) is 13.9. The van der Waals surface area contributed by atoms with E-state index in [0.717, 1.165) is 12.5 Å².